The maximum absolute atomic E-state index is 12.6. The average Bonchev–Trinajstić information content (AvgIpc) is 2.74. The highest BCUT2D eigenvalue weighted by atomic mass is 16.1. The first-order chi connectivity index (χ1) is 13.6. The van der Waals surface area contributed by atoms with Crippen LogP contribution in [-0.2, 0) is 0 Å². The van der Waals surface area contributed by atoms with Gasteiger partial charge < -0.3 is 5.32 Å². The number of fused-ring (bicyclic) bond motifs is 1. The molecule has 0 heterocycles. The highest BCUT2D eigenvalue weighted by Crippen LogP contribution is 2.23. The Morgan fingerprint density at radius 2 is 1.21 bits per heavy atom. The van der Waals surface area contributed by atoms with Crippen molar-refractivity contribution < 1.29 is 9.59 Å². The number of ketones is 1. The zero-order valence-electron chi connectivity index (χ0n) is 15.5. The summed E-state index contributed by atoms with van der Waals surface area (Å²) in [5, 5.41) is 5.09. The van der Waals surface area contributed by atoms with Crippen molar-refractivity contribution in [3.05, 3.63) is 102 Å². The third kappa shape index (κ3) is 3.69. The van der Waals surface area contributed by atoms with Crippen molar-refractivity contribution in [3.63, 3.8) is 0 Å². The van der Waals surface area contributed by atoms with Gasteiger partial charge in [0.1, 0.15) is 0 Å². The summed E-state index contributed by atoms with van der Waals surface area (Å²) in [5.74, 6) is -0.0809. The van der Waals surface area contributed by atoms with Gasteiger partial charge in [-0.3, -0.25) is 9.59 Å². The summed E-state index contributed by atoms with van der Waals surface area (Å²) in [6, 6.07) is 28.9. The zero-order valence-corrected chi connectivity index (χ0v) is 15.5. The van der Waals surface area contributed by atoms with Crippen molar-refractivity contribution in [2.75, 3.05) is 5.32 Å². The van der Waals surface area contributed by atoms with Gasteiger partial charge in [-0.1, -0.05) is 66.7 Å². The molecule has 1 amide bonds. The standard InChI is InChI=1S/C25H19NO2/c1-17(27)18-6-8-20(9-7-18)21-12-14-24(15-13-21)26-25(28)23-11-10-19-4-2-3-5-22(19)16-23/h2-16H,1H3,(H,26,28). The molecule has 4 rings (SSSR count). The SMILES string of the molecule is CC(=O)c1ccc(-c2ccc(NC(=O)c3ccc4ccccc4c3)cc2)cc1. The maximum atomic E-state index is 12.6. The van der Waals surface area contributed by atoms with E-state index in [1.165, 1.54) is 0 Å². The van der Waals surface area contributed by atoms with Gasteiger partial charge in [0.2, 0.25) is 0 Å². The lowest BCUT2D eigenvalue weighted by Crippen LogP contribution is -2.11. The minimum absolute atomic E-state index is 0.0540. The van der Waals surface area contributed by atoms with Crippen molar-refractivity contribution in [1.82, 2.24) is 0 Å². The predicted molar refractivity (Wildman–Crippen MR) is 114 cm³/mol. The first-order valence-electron chi connectivity index (χ1n) is 9.12. The van der Waals surface area contributed by atoms with Crippen LogP contribution in [0.2, 0.25) is 0 Å². The van der Waals surface area contributed by atoms with E-state index in [4.69, 9.17) is 0 Å². The quantitative estimate of drug-likeness (QED) is 0.453. The molecule has 0 saturated heterocycles. The lowest BCUT2D eigenvalue weighted by atomic mass is 10.0. The summed E-state index contributed by atoms with van der Waals surface area (Å²) in [6.45, 7) is 1.56. The Balaban J connectivity index is 1.50. The number of hydrogen-bond acceptors (Lipinski definition) is 2. The van der Waals surface area contributed by atoms with Gasteiger partial charge in [-0.25, -0.2) is 0 Å². The molecule has 28 heavy (non-hydrogen) atoms. The van der Waals surface area contributed by atoms with Crippen molar-refractivity contribution in [3.8, 4) is 11.1 Å². The van der Waals surface area contributed by atoms with Crippen LogP contribution in [0.5, 0.6) is 0 Å². The van der Waals surface area contributed by atoms with Crippen LogP contribution in [-0.4, -0.2) is 11.7 Å². The van der Waals surface area contributed by atoms with Crippen LogP contribution in [0, 0.1) is 0 Å². The number of carbonyl (C=O) groups excluding carboxylic acids is 2. The third-order valence-electron chi connectivity index (χ3n) is 4.78. The number of hydrogen-bond donors (Lipinski definition) is 1. The third-order valence-corrected chi connectivity index (χ3v) is 4.78. The highest BCUT2D eigenvalue weighted by molar-refractivity contribution is 6.06. The van der Waals surface area contributed by atoms with E-state index in [1.807, 2.05) is 91.0 Å². The predicted octanol–water partition coefficient (Wildman–Crippen LogP) is 5.96. The van der Waals surface area contributed by atoms with Gasteiger partial charge >= 0.3 is 0 Å². The van der Waals surface area contributed by atoms with E-state index in [0.717, 1.165) is 27.6 Å². The summed E-state index contributed by atoms with van der Waals surface area (Å²) in [5.41, 5.74) is 4.11. The van der Waals surface area contributed by atoms with Gasteiger partial charge in [-0.2, -0.15) is 0 Å². The molecule has 0 radical (unpaired) electrons. The molecular weight excluding hydrogens is 346 g/mol. The normalized spacial score (nSPS) is 10.6. The number of amides is 1. The van der Waals surface area contributed by atoms with Gasteiger partial charge in [0, 0.05) is 16.8 Å². The Labute approximate surface area is 163 Å². The van der Waals surface area contributed by atoms with Crippen molar-refractivity contribution in [1.29, 1.82) is 0 Å². The van der Waals surface area contributed by atoms with Gasteiger partial charge in [0.25, 0.3) is 5.91 Å². The molecular formula is C25H19NO2. The Kier molecular flexibility index (Phi) is 4.73. The Bertz CT molecular complexity index is 1160. The highest BCUT2D eigenvalue weighted by Gasteiger charge is 2.07. The molecule has 0 aliphatic carbocycles. The Morgan fingerprint density at radius 1 is 0.643 bits per heavy atom. The van der Waals surface area contributed by atoms with Crippen LogP contribution < -0.4 is 5.32 Å². The van der Waals surface area contributed by atoms with Crippen molar-refractivity contribution >= 4 is 28.2 Å². The molecule has 3 nitrogen and oxygen atoms in total. The largest absolute Gasteiger partial charge is 0.322 e. The smallest absolute Gasteiger partial charge is 0.255 e. The molecule has 0 saturated carbocycles. The zero-order chi connectivity index (χ0) is 19.5. The molecule has 0 bridgehead atoms. The first kappa shape index (κ1) is 17.7. The number of anilines is 1. The van der Waals surface area contributed by atoms with Gasteiger partial charge in [0.05, 0.1) is 0 Å². The minimum Gasteiger partial charge on any atom is -0.322 e. The Hall–Kier alpha value is -3.72. The van der Waals surface area contributed by atoms with Crippen LogP contribution >= 0.6 is 0 Å². The molecule has 4 aromatic carbocycles. The van der Waals surface area contributed by atoms with Crippen LogP contribution in [0.15, 0.2) is 91.0 Å². The summed E-state index contributed by atoms with van der Waals surface area (Å²) in [6.07, 6.45) is 0. The second kappa shape index (κ2) is 7.49. The average molecular weight is 365 g/mol. The van der Waals surface area contributed by atoms with Gasteiger partial charge in [0.15, 0.2) is 5.78 Å². The van der Waals surface area contributed by atoms with E-state index < -0.39 is 0 Å². The number of carbonyl (C=O) groups is 2. The number of rotatable bonds is 4. The summed E-state index contributed by atoms with van der Waals surface area (Å²) in [7, 11) is 0. The van der Waals surface area contributed by atoms with Crippen molar-refractivity contribution in [2.45, 2.75) is 6.92 Å². The van der Waals surface area contributed by atoms with Gasteiger partial charge in [-0.05, 0) is 53.1 Å². The summed E-state index contributed by atoms with van der Waals surface area (Å²) >= 11 is 0. The van der Waals surface area contributed by atoms with E-state index in [2.05, 4.69) is 5.32 Å². The molecule has 0 aliphatic rings. The van der Waals surface area contributed by atoms with Crippen molar-refractivity contribution in [2.24, 2.45) is 0 Å². The fourth-order valence-electron chi connectivity index (χ4n) is 3.18. The molecule has 1 N–H and O–H groups in total. The minimum atomic E-state index is -0.135. The van der Waals surface area contributed by atoms with Crippen LogP contribution in [0.25, 0.3) is 21.9 Å². The lowest BCUT2D eigenvalue weighted by molar-refractivity contribution is 0.101. The van der Waals surface area contributed by atoms with E-state index >= 15 is 0 Å². The topological polar surface area (TPSA) is 46.2 Å². The van der Waals surface area contributed by atoms with Crippen LogP contribution in [0.4, 0.5) is 5.69 Å². The molecule has 0 fully saturated rings. The fourth-order valence-corrected chi connectivity index (χ4v) is 3.18. The van der Waals surface area contributed by atoms with E-state index in [-0.39, 0.29) is 11.7 Å². The molecule has 136 valence electrons. The molecule has 3 heteroatoms. The summed E-state index contributed by atoms with van der Waals surface area (Å²) < 4.78 is 0. The Morgan fingerprint density at radius 3 is 1.86 bits per heavy atom. The first-order valence-corrected chi connectivity index (χ1v) is 9.12. The maximum Gasteiger partial charge on any atom is 0.255 e. The second-order valence-electron chi connectivity index (χ2n) is 6.73. The van der Waals surface area contributed by atoms with E-state index in [0.29, 0.717) is 11.1 Å². The fraction of sp³-hybridized carbons (Fsp3) is 0.0400. The molecule has 0 aromatic heterocycles. The monoisotopic (exact) mass is 365 g/mol. The number of Topliss-reactive ketones (excluding diaryl/α,β-unsaturated/α-hetero) is 1. The molecule has 0 spiro atoms. The number of nitrogens with one attached hydrogen (secondary N) is 1. The van der Waals surface area contributed by atoms with Gasteiger partial charge in [-0.15, -0.1) is 0 Å². The van der Waals surface area contributed by atoms with E-state index in [1.54, 1.807) is 6.92 Å². The molecule has 0 atom stereocenters. The van der Waals surface area contributed by atoms with E-state index in [9.17, 15) is 9.59 Å². The second-order valence-corrected chi connectivity index (χ2v) is 6.73. The molecule has 4 aromatic rings. The number of benzene rings is 4. The van der Waals surface area contributed by atoms with Crippen LogP contribution in [0.1, 0.15) is 27.6 Å². The molecule has 0 unspecified atom stereocenters. The molecule has 0 aliphatic heterocycles. The van der Waals surface area contributed by atoms with Crippen LogP contribution in [0.3, 0.4) is 0 Å². The summed E-state index contributed by atoms with van der Waals surface area (Å²) in [4.78, 5) is 24.0. The lowest BCUT2D eigenvalue weighted by Gasteiger charge is -2.08.